The molecule has 1 heterocycles. The van der Waals surface area contributed by atoms with Gasteiger partial charge in [0.2, 0.25) is 0 Å². The molecule has 8 nitrogen and oxygen atoms in total. The molecule has 1 aliphatic rings. The Morgan fingerprint density at radius 2 is 1.80 bits per heavy atom. The minimum Gasteiger partial charge on any atom is -0.496 e. The molecule has 0 aliphatic carbocycles. The first-order valence-electron chi connectivity index (χ1n) is 7.65. The summed E-state index contributed by atoms with van der Waals surface area (Å²) in [7, 11) is -0.141. The molecular formula is C16H21NO7S. The second-order valence-corrected chi connectivity index (χ2v) is 7.98. The van der Waals surface area contributed by atoms with Crippen molar-refractivity contribution in [2.45, 2.75) is 19.4 Å². The van der Waals surface area contributed by atoms with Gasteiger partial charge in [-0.15, -0.1) is 0 Å². The van der Waals surface area contributed by atoms with Crippen LogP contribution in [0.4, 0.5) is 0 Å². The summed E-state index contributed by atoms with van der Waals surface area (Å²) < 4.78 is 38.1. The average Bonchev–Trinajstić information content (AvgIpc) is 2.91. The number of benzene rings is 1. The average molecular weight is 371 g/mol. The van der Waals surface area contributed by atoms with Gasteiger partial charge in [-0.1, -0.05) is 0 Å². The lowest BCUT2D eigenvalue weighted by atomic mass is 10.1. The molecule has 0 aromatic heterocycles. The van der Waals surface area contributed by atoms with Gasteiger partial charge in [-0.25, -0.2) is 13.2 Å². The van der Waals surface area contributed by atoms with Gasteiger partial charge in [-0.3, -0.25) is 4.79 Å². The molecule has 138 valence electrons. The largest absolute Gasteiger partial charge is 0.496 e. The zero-order chi connectivity index (χ0) is 18.6. The number of carbonyl (C=O) groups is 2. The van der Waals surface area contributed by atoms with E-state index in [9.17, 15) is 18.0 Å². The van der Waals surface area contributed by atoms with E-state index in [1.165, 1.54) is 26.4 Å². The van der Waals surface area contributed by atoms with Crippen molar-refractivity contribution in [1.29, 1.82) is 0 Å². The van der Waals surface area contributed by atoms with E-state index in [1.54, 1.807) is 6.92 Å². The van der Waals surface area contributed by atoms with Crippen LogP contribution in [0, 0.1) is 6.92 Å². The van der Waals surface area contributed by atoms with Crippen LogP contribution in [-0.4, -0.2) is 58.7 Å². The number of hydrogen-bond donors (Lipinski definition) is 1. The lowest BCUT2D eigenvalue weighted by Gasteiger charge is -2.13. The molecule has 0 spiro atoms. The van der Waals surface area contributed by atoms with Gasteiger partial charge in [0.1, 0.15) is 11.5 Å². The maximum atomic E-state index is 12.1. The molecule has 1 aromatic carbocycles. The maximum Gasteiger partial charge on any atom is 0.338 e. The standard InChI is InChI=1S/C16H21NO7S/c1-10-13(22-2)6-11(7-14(10)23-3)16(19)24-8-15(18)17-12-4-5-25(20,21)9-12/h6-7,12H,4-5,8-9H2,1-3H3,(H,17,18)/t12-/m1/s1. The Morgan fingerprint density at radius 1 is 1.20 bits per heavy atom. The van der Waals surface area contributed by atoms with Crippen molar-refractivity contribution >= 4 is 21.7 Å². The number of nitrogens with one attached hydrogen (secondary N) is 1. The number of rotatable bonds is 6. The summed E-state index contributed by atoms with van der Waals surface area (Å²) in [5.41, 5.74) is 0.928. The highest BCUT2D eigenvalue weighted by Gasteiger charge is 2.29. The Balaban J connectivity index is 1.95. The lowest BCUT2D eigenvalue weighted by molar-refractivity contribution is -0.124. The summed E-state index contributed by atoms with van der Waals surface area (Å²) in [4.78, 5) is 23.9. The third-order valence-corrected chi connectivity index (χ3v) is 5.69. The van der Waals surface area contributed by atoms with Crippen molar-refractivity contribution in [2.75, 3.05) is 32.3 Å². The van der Waals surface area contributed by atoms with E-state index in [4.69, 9.17) is 14.2 Å². The molecule has 0 saturated carbocycles. The second kappa shape index (κ2) is 7.73. The van der Waals surface area contributed by atoms with Crippen LogP contribution in [-0.2, 0) is 19.4 Å². The van der Waals surface area contributed by atoms with Crippen molar-refractivity contribution in [3.63, 3.8) is 0 Å². The van der Waals surface area contributed by atoms with Crippen molar-refractivity contribution < 1.29 is 32.2 Å². The van der Waals surface area contributed by atoms with Crippen LogP contribution in [0.2, 0.25) is 0 Å². The highest BCUT2D eigenvalue weighted by atomic mass is 32.2. The minimum absolute atomic E-state index is 0.0562. The number of sulfone groups is 1. The fourth-order valence-electron chi connectivity index (χ4n) is 2.60. The van der Waals surface area contributed by atoms with Crippen molar-refractivity contribution in [3.05, 3.63) is 23.3 Å². The van der Waals surface area contributed by atoms with Crippen molar-refractivity contribution in [1.82, 2.24) is 5.32 Å². The molecule has 1 aliphatic heterocycles. The Hall–Kier alpha value is -2.29. The van der Waals surface area contributed by atoms with Crippen LogP contribution in [0.3, 0.4) is 0 Å². The molecule has 0 unspecified atom stereocenters. The van der Waals surface area contributed by atoms with Crippen LogP contribution in [0.1, 0.15) is 22.3 Å². The fraction of sp³-hybridized carbons (Fsp3) is 0.500. The van der Waals surface area contributed by atoms with E-state index in [0.717, 1.165) is 5.56 Å². The molecule has 2 rings (SSSR count). The molecule has 1 atom stereocenters. The number of carbonyl (C=O) groups excluding carboxylic acids is 2. The zero-order valence-electron chi connectivity index (χ0n) is 14.3. The third-order valence-electron chi connectivity index (χ3n) is 3.92. The summed E-state index contributed by atoms with van der Waals surface area (Å²) >= 11 is 0. The van der Waals surface area contributed by atoms with Gasteiger partial charge in [0.25, 0.3) is 5.91 Å². The first-order valence-corrected chi connectivity index (χ1v) is 9.47. The topological polar surface area (TPSA) is 108 Å². The van der Waals surface area contributed by atoms with Crippen LogP contribution >= 0.6 is 0 Å². The Labute approximate surface area is 146 Å². The normalized spacial score (nSPS) is 18.4. The first kappa shape index (κ1) is 19.0. The summed E-state index contributed by atoms with van der Waals surface area (Å²) in [6.07, 6.45) is 0.369. The van der Waals surface area contributed by atoms with Crippen LogP contribution in [0.25, 0.3) is 0 Å². The van der Waals surface area contributed by atoms with Crippen molar-refractivity contribution in [3.8, 4) is 11.5 Å². The zero-order valence-corrected chi connectivity index (χ0v) is 15.1. The van der Waals surface area contributed by atoms with Gasteiger partial charge < -0.3 is 19.5 Å². The Bertz CT molecular complexity index is 748. The number of hydrogen-bond acceptors (Lipinski definition) is 7. The second-order valence-electron chi connectivity index (χ2n) is 5.75. The van der Waals surface area contributed by atoms with Crippen LogP contribution < -0.4 is 14.8 Å². The van der Waals surface area contributed by atoms with E-state index >= 15 is 0 Å². The molecule has 9 heteroatoms. The molecule has 1 fully saturated rings. The number of esters is 1. The van der Waals surface area contributed by atoms with Crippen molar-refractivity contribution in [2.24, 2.45) is 0 Å². The Kier molecular flexibility index (Phi) is 5.89. The number of amides is 1. The van der Waals surface area contributed by atoms with Gasteiger partial charge in [0.15, 0.2) is 16.4 Å². The number of methoxy groups -OCH3 is 2. The fourth-order valence-corrected chi connectivity index (χ4v) is 4.27. The SMILES string of the molecule is COc1cc(C(=O)OCC(=O)N[C@@H]2CCS(=O)(=O)C2)cc(OC)c1C. The van der Waals surface area contributed by atoms with Crippen LogP contribution in [0.5, 0.6) is 11.5 Å². The van der Waals surface area contributed by atoms with Gasteiger partial charge in [0, 0.05) is 11.6 Å². The monoisotopic (exact) mass is 371 g/mol. The lowest BCUT2D eigenvalue weighted by Crippen LogP contribution is -2.38. The highest BCUT2D eigenvalue weighted by molar-refractivity contribution is 7.91. The third kappa shape index (κ3) is 4.85. The summed E-state index contributed by atoms with van der Waals surface area (Å²) in [5, 5.41) is 2.55. The quantitative estimate of drug-likeness (QED) is 0.724. The van der Waals surface area contributed by atoms with Gasteiger partial charge in [0.05, 0.1) is 31.3 Å². The molecule has 25 heavy (non-hydrogen) atoms. The van der Waals surface area contributed by atoms with E-state index < -0.39 is 34.4 Å². The van der Waals surface area contributed by atoms with Gasteiger partial charge >= 0.3 is 5.97 Å². The highest BCUT2D eigenvalue weighted by Crippen LogP contribution is 2.29. The minimum atomic E-state index is -3.09. The summed E-state index contributed by atoms with van der Waals surface area (Å²) in [6, 6.07) is 2.57. The molecular weight excluding hydrogens is 350 g/mol. The maximum absolute atomic E-state index is 12.1. The van der Waals surface area contributed by atoms with E-state index in [1.807, 2.05) is 0 Å². The van der Waals surface area contributed by atoms with E-state index in [-0.39, 0.29) is 17.1 Å². The van der Waals surface area contributed by atoms with E-state index in [0.29, 0.717) is 17.9 Å². The molecule has 0 bridgehead atoms. The molecule has 1 N–H and O–H groups in total. The molecule has 1 amide bonds. The Morgan fingerprint density at radius 3 is 2.28 bits per heavy atom. The predicted octanol–water partition coefficient (Wildman–Crippen LogP) is 0.472. The molecule has 1 aromatic rings. The van der Waals surface area contributed by atoms with Crippen LogP contribution in [0.15, 0.2) is 12.1 Å². The summed E-state index contributed by atoms with van der Waals surface area (Å²) in [6.45, 7) is 1.30. The predicted molar refractivity (Wildman–Crippen MR) is 89.8 cm³/mol. The van der Waals surface area contributed by atoms with Gasteiger partial charge in [-0.2, -0.15) is 0 Å². The smallest absolute Gasteiger partial charge is 0.338 e. The molecule has 1 saturated heterocycles. The van der Waals surface area contributed by atoms with E-state index in [2.05, 4.69) is 5.32 Å². The number of ether oxygens (including phenoxy) is 3. The molecule has 0 radical (unpaired) electrons. The summed E-state index contributed by atoms with van der Waals surface area (Å²) in [5.74, 6) is -0.342. The van der Waals surface area contributed by atoms with Gasteiger partial charge in [-0.05, 0) is 25.5 Å². The first-order chi connectivity index (χ1) is 11.8.